The molecule has 1 N–H and O–H groups in total. The van der Waals surface area contributed by atoms with Gasteiger partial charge in [0, 0.05) is 11.6 Å². The van der Waals surface area contributed by atoms with E-state index in [1.807, 2.05) is 36.2 Å². The normalized spacial score (nSPS) is 22.5. The maximum absolute atomic E-state index is 12.4. The number of nitrogens with zero attached hydrogens (tertiary/aromatic N) is 1. The molecule has 2 rings (SSSR count). The van der Waals surface area contributed by atoms with Crippen LogP contribution in [0.15, 0.2) is 24.3 Å². The number of aliphatic hydroxyl groups excluding tert-OH is 1. The fourth-order valence-corrected chi connectivity index (χ4v) is 3.19. The predicted octanol–water partition coefficient (Wildman–Crippen LogP) is 3.06. The molecule has 0 aliphatic heterocycles. The summed E-state index contributed by atoms with van der Waals surface area (Å²) in [5.41, 5.74) is 2.05. The van der Waals surface area contributed by atoms with Crippen molar-refractivity contribution in [1.82, 2.24) is 4.90 Å². The van der Waals surface area contributed by atoms with Gasteiger partial charge in [0.15, 0.2) is 5.78 Å². The second-order valence-electron chi connectivity index (χ2n) is 6.20. The van der Waals surface area contributed by atoms with E-state index in [-0.39, 0.29) is 17.9 Å². The van der Waals surface area contributed by atoms with Gasteiger partial charge < -0.3 is 5.11 Å². The average Bonchev–Trinajstić information content (AvgIpc) is 2.48. The molecule has 1 saturated carbocycles. The highest BCUT2D eigenvalue weighted by atomic mass is 16.3. The first-order valence-corrected chi connectivity index (χ1v) is 8.12. The number of likely N-dealkylation sites (N-methyl/N-ethyl adjacent to an activating group) is 1. The summed E-state index contributed by atoms with van der Waals surface area (Å²) in [7, 11) is 1.95. The Hall–Kier alpha value is -1.19. The van der Waals surface area contributed by atoms with Crippen molar-refractivity contribution < 1.29 is 9.90 Å². The van der Waals surface area contributed by atoms with E-state index in [1.165, 1.54) is 5.56 Å². The molecule has 1 aliphatic rings. The number of carbonyl (C=O) groups excluding carboxylic acids is 1. The molecule has 2 atom stereocenters. The zero-order valence-corrected chi connectivity index (χ0v) is 13.2. The Bertz CT molecular complexity index is 455. The molecule has 0 radical (unpaired) electrons. The molecule has 21 heavy (non-hydrogen) atoms. The van der Waals surface area contributed by atoms with Crippen LogP contribution in [-0.2, 0) is 6.42 Å². The van der Waals surface area contributed by atoms with E-state index < -0.39 is 0 Å². The van der Waals surface area contributed by atoms with Crippen molar-refractivity contribution in [2.45, 2.75) is 57.6 Å². The summed E-state index contributed by atoms with van der Waals surface area (Å²) in [6.07, 6.45) is 5.97. The van der Waals surface area contributed by atoms with Crippen molar-refractivity contribution in [3.05, 3.63) is 35.4 Å². The molecule has 0 aromatic heterocycles. The van der Waals surface area contributed by atoms with Gasteiger partial charge in [-0.25, -0.2) is 0 Å². The van der Waals surface area contributed by atoms with Crippen molar-refractivity contribution in [3.63, 3.8) is 0 Å². The molecule has 3 nitrogen and oxygen atoms in total. The zero-order chi connectivity index (χ0) is 15.2. The van der Waals surface area contributed by atoms with Crippen LogP contribution in [0.1, 0.15) is 54.9 Å². The summed E-state index contributed by atoms with van der Waals surface area (Å²) in [5.74, 6) is 0.137. The molecule has 1 aromatic carbocycles. The lowest BCUT2D eigenvalue weighted by atomic mass is 9.91. The molecule has 3 heteroatoms. The maximum atomic E-state index is 12.4. The summed E-state index contributed by atoms with van der Waals surface area (Å²) >= 11 is 0. The second-order valence-corrected chi connectivity index (χ2v) is 6.20. The van der Waals surface area contributed by atoms with E-state index in [9.17, 15) is 9.90 Å². The lowest BCUT2D eigenvalue weighted by Crippen LogP contribution is -2.45. The molecule has 0 bridgehead atoms. The third kappa shape index (κ3) is 4.39. The minimum absolute atomic E-state index is 0.127. The molecule has 1 aliphatic carbocycles. The molecule has 0 heterocycles. The van der Waals surface area contributed by atoms with E-state index in [4.69, 9.17) is 0 Å². The van der Waals surface area contributed by atoms with Crippen LogP contribution in [0, 0.1) is 0 Å². The maximum Gasteiger partial charge on any atom is 0.176 e. The number of rotatable bonds is 6. The van der Waals surface area contributed by atoms with Crippen molar-refractivity contribution in [1.29, 1.82) is 0 Å². The minimum atomic E-state index is -0.288. The number of ketones is 1. The van der Waals surface area contributed by atoms with Gasteiger partial charge in [-0.2, -0.15) is 0 Å². The molecule has 116 valence electrons. The monoisotopic (exact) mass is 289 g/mol. The van der Waals surface area contributed by atoms with Crippen LogP contribution in [0.4, 0.5) is 0 Å². The zero-order valence-electron chi connectivity index (χ0n) is 13.2. The Labute approximate surface area is 128 Å². The van der Waals surface area contributed by atoms with Gasteiger partial charge in [0.05, 0.1) is 12.6 Å². The standard InChI is InChI=1S/C18H27NO2/c1-3-6-14-9-11-15(12-10-14)18(21)13-19(2)16-7-4-5-8-17(16)20/h9-12,16-17,20H,3-8,13H2,1-2H3. The van der Waals surface area contributed by atoms with E-state index >= 15 is 0 Å². The highest BCUT2D eigenvalue weighted by molar-refractivity contribution is 5.97. The van der Waals surface area contributed by atoms with Crippen LogP contribution in [0.25, 0.3) is 0 Å². The number of hydrogen-bond acceptors (Lipinski definition) is 3. The molecule has 0 saturated heterocycles. The summed E-state index contributed by atoms with van der Waals surface area (Å²) in [4.78, 5) is 14.4. The molecule has 0 spiro atoms. The largest absolute Gasteiger partial charge is 0.391 e. The topological polar surface area (TPSA) is 40.5 Å². The number of benzene rings is 1. The Morgan fingerprint density at radius 1 is 1.24 bits per heavy atom. The van der Waals surface area contributed by atoms with Gasteiger partial charge in [-0.3, -0.25) is 9.69 Å². The summed E-state index contributed by atoms with van der Waals surface area (Å²) < 4.78 is 0. The Kier molecular flexibility index (Phi) is 5.95. The van der Waals surface area contributed by atoms with Crippen LogP contribution < -0.4 is 0 Å². The van der Waals surface area contributed by atoms with E-state index in [0.29, 0.717) is 6.54 Å². The van der Waals surface area contributed by atoms with Gasteiger partial charge >= 0.3 is 0 Å². The van der Waals surface area contributed by atoms with Gasteiger partial charge in [-0.15, -0.1) is 0 Å². The number of aryl methyl sites for hydroxylation is 1. The summed E-state index contributed by atoms with van der Waals surface area (Å²) in [5, 5.41) is 10.1. The van der Waals surface area contributed by atoms with Crippen molar-refractivity contribution >= 4 is 5.78 Å². The van der Waals surface area contributed by atoms with Crippen molar-refractivity contribution in [3.8, 4) is 0 Å². The molecule has 1 fully saturated rings. The first kappa shape index (κ1) is 16.2. The van der Waals surface area contributed by atoms with Gasteiger partial charge in [-0.1, -0.05) is 50.5 Å². The molecular weight excluding hydrogens is 262 g/mol. The van der Waals surface area contributed by atoms with Crippen molar-refractivity contribution in [2.24, 2.45) is 0 Å². The SMILES string of the molecule is CCCc1ccc(C(=O)CN(C)C2CCCCC2O)cc1. The fraction of sp³-hybridized carbons (Fsp3) is 0.611. The first-order valence-electron chi connectivity index (χ1n) is 8.12. The number of Topliss-reactive ketones (excluding diaryl/α,β-unsaturated/α-hetero) is 1. The van der Waals surface area contributed by atoms with E-state index in [1.54, 1.807) is 0 Å². The van der Waals surface area contributed by atoms with Crippen LogP contribution >= 0.6 is 0 Å². The minimum Gasteiger partial charge on any atom is -0.391 e. The molecule has 1 aromatic rings. The third-order valence-corrected chi connectivity index (χ3v) is 4.47. The molecule has 2 unspecified atom stereocenters. The molecular formula is C18H27NO2. The van der Waals surface area contributed by atoms with Crippen LogP contribution in [0.3, 0.4) is 0 Å². The number of carbonyl (C=O) groups is 1. The van der Waals surface area contributed by atoms with Crippen LogP contribution in [0.2, 0.25) is 0 Å². The van der Waals surface area contributed by atoms with Crippen molar-refractivity contribution in [2.75, 3.05) is 13.6 Å². The van der Waals surface area contributed by atoms with E-state index in [2.05, 4.69) is 6.92 Å². The average molecular weight is 289 g/mol. The van der Waals surface area contributed by atoms with Gasteiger partial charge in [0.2, 0.25) is 0 Å². The first-order chi connectivity index (χ1) is 10.1. The second kappa shape index (κ2) is 7.71. The van der Waals surface area contributed by atoms with Gasteiger partial charge in [0.1, 0.15) is 0 Å². The van der Waals surface area contributed by atoms with Gasteiger partial charge in [0.25, 0.3) is 0 Å². The summed E-state index contributed by atoms with van der Waals surface area (Å²) in [6.45, 7) is 2.54. The smallest absolute Gasteiger partial charge is 0.176 e. The lowest BCUT2D eigenvalue weighted by molar-refractivity contribution is 0.0322. The number of aliphatic hydroxyl groups is 1. The predicted molar refractivity (Wildman–Crippen MR) is 85.7 cm³/mol. The Balaban J connectivity index is 1.93. The Morgan fingerprint density at radius 2 is 1.90 bits per heavy atom. The lowest BCUT2D eigenvalue weighted by Gasteiger charge is -2.34. The highest BCUT2D eigenvalue weighted by Gasteiger charge is 2.27. The quantitative estimate of drug-likeness (QED) is 0.818. The van der Waals surface area contributed by atoms with Crippen LogP contribution in [-0.4, -0.2) is 41.5 Å². The summed E-state index contributed by atoms with van der Waals surface area (Å²) in [6, 6.07) is 8.08. The highest BCUT2D eigenvalue weighted by Crippen LogP contribution is 2.22. The fourth-order valence-electron chi connectivity index (χ4n) is 3.19. The molecule has 0 amide bonds. The third-order valence-electron chi connectivity index (χ3n) is 4.47. The van der Waals surface area contributed by atoms with E-state index in [0.717, 1.165) is 44.1 Å². The number of hydrogen-bond donors (Lipinski definition) is 1. The van der Waals surface area contributed by atoms with Gasteiger partial charge in [-0.05, 0) is 31.9 Å². The Morgan fingerprint density at radius 3 is 2.52 bits per heavy atom. The van der Waals surface area contributed by atoms with Crippen LogP contribution in [0.5, 0.6) is 0 Å².